The zero-order valence-corrected chi connectivity index (χ0v) is 13.6. The summed E-state index contributed by atoms with van der Waals surface area (Å²) in [6.45, 7) is 7.26. The number of carboxylic acids is 1. The average Bonchev–Trinajstić information content (AvgIpc) is 2.50. The summed E-state index contributed by atoms with van der Waals surface area (Å²) in [7, 11) is 0. The van der Waals surface area contributed by atoms with Gasteiger partial charge in [-0.2, -0.15) is 0 Å². The van der Waals surface area contributed by atoms with Crippen LogP contribution >= 0.6 is 0 Å². The molecule has 2 amide bonds. The van der Waals surface area contributed by atoms with Crippen LogP contribution < -0.4 is 5.32 Å². The normalized spacial score (nSPS) is 23.4. The van der Waals surface area contributed by atoms with Crippen LogP contribution in [0.4, 0.5) is 4.79 Å². The van der Waals surface area contributed by atoms with Crippen LogP contribution in [0.2, 0.25) is 0 Å². The molecule has 122 valence electrons. The van der Waals surface area contributed by atoms with E-state index in [2.05, 4.69) is 12.2 Å². The highest BCUT2D eigenvalue weighted by Gasteiger charge is 2.22. The second-order valence-corrected chi connectivity index (χ2v) is 6.26. The summed E-state index contributed by atoms with van der Waals surface area (Å²) in [4.78, 5) is 24.6. The molecule has 0 aliphatic heterocycles. The van der Waals surface area contributed by atoms with Gasteiger partial charge in [-0.25, -0.2) is 4.79 Å². The van der Waals surface area contributed by atoms with E-state index in [1.54, 1.807) is 11.8 Å². The minimum Gasteiger partial charge on any atom is -0.481 e. The van der Waals surface area contributed by atoms with Gasteiger partial charge in [-0.15, -0.1) is 0 Å². The third kappa shape index (κ3) is 5.94. The minimum atomic E-state index is -0.862. The molecular weight excluding hydrogens is 268 g/mol. The molecule has 0 aromatic carbocycles. The van der Waals surface area contributed by atoms with E-state index in [1.165, 1.54) is 32.1 Å². The summed E-state index contributed by atoms with van der Waals surface area (Å²) in [5.74, 6) is 0.0442. The van der Waals surface area contributed by atoms with E-state index in [4.69, 9.17) is 5.11 Å². The molecule has 5 nitrogen and oxygen atoms in total. The van der Waals surface area contributed by atoms with E-state index in [0.29, 0.717) is 19.0 Å². The molecule has 1 rings (SSSR count). The van der Waals surface area contributed by atoms with Gasteiger partial charge in [0, 0.05) is 19.6 Å². The average molecular weight is 298 g/mol. The fourth-order valence-electron chi connectivity index (χ4n) is 2.95. The van der Waals surface area contributed by atoms with Gasteiger partial charge in [-0.05, 0) is 31.6 Å². The number of hydrogen-bond donors (Lipinski definition) is 2. The Balaban J connectivity index is 2.32. The summed E-state index contributed by atoms with van der Waals surface area (Å²) < 4.78 is 0. The van der Waals surface area contributed by atoms with Crippen molar-refractivity contribution in [1.29, 1.82) is 0 Å². The van der Waals surface area contributed by atoms with Crippen molar-refractivity contribution in [2.75, 3.05) is 19.6 Å². The molecule has 0 aromatic rings. The Hall–Kier alpha value is -1.26. The number of aliphatic carboxylic acids is 1. The maximum atomic E-state index is 12.1. The third-order valence-electron chi connectivity index (χ3n) is 4.67. The van der Waals surface area contributed by atoms with Crippen LogP contribution in [0.3, 0.4) is 0 Å². The predicted molar refractivity (Wildman–Crippen MR) is 83.2 cm³/mol. The van der Waals surface area contributed by atoms with Crippen LogP contribution in [-0.2, 0) is 4.79 Å². The molecule has 1 unspecified atom stereocenters. The highest BCUT2D eigenvalue weighted by molar-refractivity contribution is 5.75. The molecule has 5 heteroatoms. The molecule has 0 bridgehead atoms. The first-order valence-corrected chi connectivity index (χ1v) is 8.23. The van der Waals surface area contributed by atoms with Gasteiger partial charge < -0.3 is 15.3 Å². The summed E-state index contributed by atoms with van der Waals surface area (Å²) in [5.41, 5.74) is 0. The molecule has 1 atom stereocenters. The van der Waals surface area contributed by atoms with E-state index < -0.39 is 11.9 Å². The first-order valence-electron chi connectivity index (χ1n) is 8.23. The van der Waals surface area contributed by atoms with Crippen molar-refractivity contribution in [3.8, 4) is 0 Å². The Kier molecular flexibility index (Phi) is 7.54. The van der Waals surface area contributed by atoms with Crippen LogP contribution in [-0.4, -0.2) is 41.6 Å². The first-order chi connectivity index (χ1) is 9.97. The number of amides is 2. The van der Waals surface area contributed by atoms with Crippen molar-refractivity contribution in [1.82, 2.24) is 10.2 Å². The zero-order chi connectivity index (χ0) is 15.8. The number of rotatable bonds is 7. The fraction of sp³-hybridized carbons (Fsp3) is 0.875. The van der Waals surface area contributed by atoms with Crippen molar-refractivity contribution >= 4 is 12.0 Å². The van der Waals surface area contributed by atoms with Crippen LogP contribution in [0.1, 0.15) is 52.9 Å². The highest BCUT2D eigenvalue weighted by Crippen LogP contribution is 2.30. The maximum absolute atomic E-state index is 12.1. The molecule has 1 fully saturated rings. The molecule has 0 spiro atoms. The Labute approximate surface area is 128 Å². The van der Waals surface area contributed by atoms with Gasteiger partial charge in [-0.1, -0.05) is 33.1 Å². The van der Waals surface area contributed by atoms with Crippen molar-refractivity contribution in [3.05, 3.63) is 0 Å². The maximum Gasteiger partial charge on any atom is 0.317 e. The number of nitrogens with zero attached hydrogens (tertiary/aromatic N) is 1. The van der Waals surface area contributed by atoms with E-state index in [1.807, 2.05) is 6.92 Å². The second kappa shape index (κ2) is 8.90. The van der Waals surface area contributed by atoms with Crippen molar-refractivity contribution in [2.45, 2.75) is 52.9 Å². The largest absolute Gasteiger partial charge is 0.481 e. The number of carbonyl (C=O) groups is 2. The van der Waals surface area contributed by atoms with Gasteiger partial charge in [0.05, 0.1) is 5.92 Å². The summed E-state index contributed by atoms with van der Waals surface area (Å²) in [6.07, 6.45) is 6.18. The molecular formula is C16H30N2O3. The molecule has 2 N–H and O–H groups in total. The number of carboxylic acid groups (broad SMARTS) is 1. The molecule has 21 heavy (non-hydrogen) atoms. The summed E-state index contributed by atoms with van der Waals surface area (Å²) in [6, 6.07) is -0.136. The Bertz CT molecular complexity index is 338. The molecule has 1 saturated carbocycles. The zero-order valence-electron chi connectivity index (χ0n) is 13.6. The van der Waals surface area contributed by atoms with Gasteiger partial charge in [0.15, 0.2) is 0 Å². The summed E-state index contributed by atoms with van der Waals surface area (Å²) >= 11 is 0. The van der Waals surface area contributed by atoms with Crippen molar-refractivity contribution in [3.63, 3.8) is 0 Å². The standard InChI is InChI=1S/C16H30N2O3/c1-4-13-6-8-14(9-7-13)10-17-16(21)18(5-2)11-12(3)15(19)20/h12-14H,4-11H2,1-3H3,(H,17,21)(H,19,20). The number of urea groups is 1. The lowest BCUT2D eigenvalue weighted by Crippen LogP contribution is -2.44. The lowest BCUT2D eigenvalue weighted by Gasteiger charge is -2.29. The summed E-state index contributed by atoms with van der Waals surface area (Å²) in [5, 5.41) is 11.9. The van der Waals surface area contributed by atoms with Gasteiger partial charge >= 0.3 is 12.0 Å². The Morgan fingerprint density at radius 2 is 1.76 bits per heavy atom. The quantitative estimate of drug-likeness (QED) is 0.759. The molecule has 0 radical (unpaired) electrons. The van der Waals surface area contributed by atoms with E-state index >= 15 is 0 Å². The predicted octanol–water partition coefficient (Wildman–Crippen LogP) is 2.96. The van der Waals surface area contributed by atoms with Gasteiger partial charge in [0.1, 0.15) is 0 Å². The monoisotopic (exact) mass is 298 g/mol. The van der Waals surface area contributed by atoms with Crippen LogP contribution in [0, 0.1) is 17.8 Å². The highest BCUT2D eigenvalue weighted by atomic mass is 16.4. The molecule has 0 heterocycles. The van der Waals surface area contributed by atoms with Crippen LogP contribution in [0.25, 0.3) is 0 Å². The SMILES string of the molecule is CCC1CCC(CNC(=O)N(CC)CC(C)C(=O)O)CC1. The topological polar surface area (TPSA) is 69.6 Å². The van der Waals surface area contributed by atoms with E-state index in [-0.39, 0.29) is 12.6 Å². The molecule has 1 aliphatic carbocycles. The van der Waals surface area contributed by atoms with E-state index in [0.717, 1.165) is 5.92 Å². The fourth-order valence-corrected chi connectivity index (χ4v) is 2.95. The van der Waals surface area contributed by atoms with Gasteiger partial charge in [-0.3, -0.25) is 4.79 Å². The van der Waals surface area contributed by atoms with E-state index in [9.17, 15) is 9.59 Å². The molecule has 0 saturated heterocycles. The van der Waals surface area contributed by atoms with Gasteiger partial charge in [0.2, 0.25) is 0 Å². The minimum absolute atomic E-state index is 0.136. The first kappa shape index (κ1) is 17.8. The Morgan fingerprint density at radius 3 is 2.24 bits per heavy atom. The van der Waals surface area contributed by atoms with Crippen molar-refractivity contribution < 1.29 is 14.7 Å². The van der Waals surface area contributed by atoms with Crippen LogP contribution in [0.15, 0.2) is 0 Å². The third-order valence-corrected chi connectivity index (χ3v) is 4.67. The number of nitrogens with one attached hydrogen (secondary N) is 1. The second-order valence-electron chi connectivity index (χ2n) is 6.26. The van der Waals surface area contributed by atoms with Gasteiger partial charge in [0.25, 0.3) is 0 Å². The number of carbonyl (C=O) groups excluding carboxylic acids is 1. The molecule has 1 aliphatic rings. The van der Waals surface area contributed by atoms with Crippen LogP contribution in [0.5, 0.6) is 0 Å². The van der Waals surface area contributed by atoms with Crippen molar-refractivity contribution in [2.24, 2.45) is 17.8 Å². The lowest BCUT2D eigenvalue weighted by atomic mass is 9.81. The Morgan fingerprint density at radius 1 is 1.19 bits per heavy atom. The number of hydrogen-bond acceptors (Lipinski definition) is 2. The molecule has 0 aromatic heterocycles. The smallest absolute Gasteiger partial charge is 0.317 e. The lowest BCUT2D eigenvalue weighted by molar-refractivity contribution is -0.141.